The second kappa shape index (κ2) is 7.55. The summed E-state index contributed by atoms with van der Waals surface area (Å²) in [7, 11) is 0. The van der Waals surface area contributed by atoms with Gasteiger partial charge in [0.25, 0.3) is 5.91 Å². The van der Waals surface area contributed by atoms with Gasteiger partial charge in [-0.1, -0.05) is 0 Å². The molecule has 1 amide bonds. The summed E-state index contributed by atoms with van der Waals surface area (Å²) >= 11 is 0. The molecule has 3 rings (SSSR count). The Morgan fingerprint density at radius 2 is 2.04 bits per heavy atom. The third-order valence-corrected chi connectivity index (χ3v) is 4.71. The summed E-state index contributed by atoms with van der Waals surface area (Å²) in [5.74, 6) is 0.565. The maximum Gasteiger partial charge on any atom is 0.252 e. The van der Waals surface area contributed by atoms with Crippen molar-refractivity contribution in [2.45, 2.75) is 45.4 Å². The topological polar surface area (TPSA) is 72.3 Å². The Bertz CT molecular complexity index is 717. The van der Waals surface area contributed by atoms with Crippen LogP contribution in [0.4, 0.5) is 0 Å². The fourth-order valence-electron chi connectivity index (χ4n) is 3.24. The minimum absolute atomic E-state index is 0.119. The van der Waals surface area contributed by atoms with E-state index in [9.17, 15) is 4.79 Å². The highest BCUT2D eigenvalue weighted by molar-refractivity contribution is 5.94. The number of rotatable bonds is 5. The summed E-state index contributed by atoms with van der Waals surface area (Å²) in [6.07, 6.45) is 5.49. The molecule has 2 aromatic rings. The summed E-state index contributed by atoms with van der Waals surface area (Å²) in [6.45, 7) is 10.8. The minimum atomic E-state index is -0.148. The average Bonchev–Trinajstić information content (AvgIpc) is 3.14. The molecule has 2 aromatic heterocycles. The Morgan fingerprint density at radius 1 is 1.31 bits per heavy atom. The van der Waals surface area contributed by atoms with E-state index in [2.05, 4.69) is 48.0 Å². The van der Waals surface area contributed by atoms with Crippen LogP contribution in [-0.4, -0.2) is 63.0 Å². The van der Waals surface area contributed by atoms with Crippen molar-refractivity contribution >= 4 is 5.91 Å². The van der Waals surface area contributed by atoms with Crippen LogP contribution >= 0.6 is 0 Å². The van der Waals surface area contributed by atoms with E-state index in [1.807, 2.05) is 12.3 Å². The second-order valence-electron chi connectivity index (χ2n) is 7.51. The molecule has 1 fully saturated rings. The van der Waals surface area contributed by atoms with E-state index < -0.39 is 0 Å². The summed E-state index contributed by atoms with van der Waals surface area (Å²) in [5.41, 5.74) is 0.394. The lowest BCUT2D eigenvalue weighted by molar-refractivity contribution is -0.0948. The van der Waals surface area contributed by atoms with E-state index >= 15 is 0 Å². The SMILES string of the molecule is C[C@H]1CN(C(C)(C)CNC(=O)c2ccc(-n3cccn3)nc2)C[C@H](C)O1. The van der Waals surface area contributed by atoms with E-state index in [1.165, 1.54) is 0 Å². The van der Waals surface area contributed by atoms with Gasteiger partial charge in [0.05, 0.1) is 17.8 Å². The van der Waals surface area contributed by atoms with Crippen molar-refractivity contribution in [2.24, 2.45) is 0 Å². The number of hydrogen-bond acceptors (Lipinski definition) is 5. The Kier molecular flexibility index (Phi) is 5.38. The van der Waals surface area contributed by atoms with E-state index in [0.717, 1.165) is 13.1 Å². The van der Waals surface area contributed by atoms with Gasteiger partial charge in [-0.3, -0.25) is 9.69 Å². The first-order valence-electron chi connectivity index (χ1n) is 9.00. The maximum absolute atomic E-state index is 12.5. The number of aromatic nitrogens is 3. The molecule has 7 nitrogen and oxygen atoms in total. The second-order valence-corrected chi connectivity index (χ2v) is 7.51. The molecule has 0 aromatic carbocycles. The lowest BCUT2D eigenvalue weighted by atomic mass is 10.00. The van der Waals surface area contributed by atoms with Crippen molar-refractivity contribution in [3.05, 3.63) is 42.4 Å². The van der Waals surface area contributed by atoms with Gasteiger partial charge in [-0.25, -0.2) is 9.67 Å². The molecule has 1 N–H and O–H groups in total. The van der Waals surface area contributed by atoms with Gasteiger partial charge >= 0.3 is 0 Å². The molecule has 0 saturated carbocycles. The average molecular weight is 357 g/mol. The number of carbonyl (C=O) groups is 1. The molecule has 1 aliphatic rings. The standard InChI is InChI=1S/C19H27N5O2/c1-14-11-23(12-15(2)26-14)19(3,4)13-21-18(25)16-6-7-17(20-10-16)24-9-5-8-22-24/h5-10,14-15H,11-13H2,1-4H3,(H,21,25)/t14-,15-/m0/s1. The summed E-state index contributed by atoms with van der Waals surface area (Å²) < 4.78 is 7.46. The third-order valence-electron chi connectivity index (χ3n) is 4.71. The zero-order valence-electron chi connectivity index (χ0n) is 15.8. The quantitative estimate of drug-likeness (QED) is 0.885. The number of pyridine rings is 1. The van der Waals surface area contributed by atoms with Gasteiger partial charge in [-0.15, -0.1) is 0 Å². The summed E-state index contributed by atoms with van der Waals surface area (Å²) in [5, 5.41) is 7.17. The number of amides is 1. The molecule has 1 saturated heterocycles. The predicted molar refractivity (Wildman–Crippen MR) is 99.4 cm³/mol. The van der Waals surface area contributed by atoms with Gasteiger partial charge in [0.1, 0.15) is 0 Å². The number of ether oxygens (including phenoxy) is 1. The molecule has 26 heavy (non-hydrogen) atoms. The molecule has 140 valence electrons. The van der Waals surface area contributed by atoms with Gasteiger partial charge in [0.15, 0.2) is 5.82 Å². The van der Waals surface area contributed by atoms with E-state index in [-0.39, 0.29) is 23.7 Å². The Hall–Kier alpha value is -2.25. The number of nitrogens with zero attached hydrogens (tertiary/aromatic N) is 4. The molecule has 0 bridgehead atoms. The monoisotopic (exact) mass is 357 g/mol. The first kappa shape index (κ1) is 18.5. The van der Waals surface area contributed by atoms with Crippen molar-refractivity contribution in [1.82, 2.24) is 25.0 Å². The molecule has 2 atom stereocenters. The molecular weight excluding hydrogens is 330 g/mol. The molecule has 0 aliphatic carbocycles. The lowest BCUT2D eigenvalue weighted by Crippen LogP contribution is -2.58. The van der Waals surface area contributed by atoms with Gasteiger partial charge < -0.3 is 10.1 Å². The smallest absolute Gasteiger partial charge is 0.252 e. The molecule has 0 spiro atoms. The zero-order chi connectivity index (χ0) is 18.7. The highest BCUT2D eigenvalue weighted by atomic mass is 16.5. The van der Waals surface area contributed by atoms with Gasteiger partial charge in [-0.05, 0) is 45.9 Å². The first-order valence-corrected chi connectivity index (χ1v) is 9.00. The van der Waals surface area contributed by atoms with Crippen molar-refractivity contribution in [3.8, 4) is 5.82 Å². The van der Waals surface area contributed by atoms with Gasteiger partial charge in [0, 0.05) is 43.8 Å². The number of morpholine rings is 1. The number of carbonyl (C=O) groups excluding carboxylic acids is 1. The molecule has 0 unspecified atom stereocenters. The fourth-order valence-corrected chi connectivity index (χ4v) is 3.24. The van der Waals surface area contributed by atoms with Crippen LogP contribution in [0.25, 0.3) is 5.82 Å². The number of nitrogens with one attached hydrogen (secondary N) is 1. The van der Waals surface area contributed by atoms with E-state index in [1.54, 1.807) is 29.2 Å². The molecule has 3 heterocycles. The highest BCUT2D eigenvalue weighted by Crippen LogP contribution is 2.20. The highest BCUT2D eigenvalue weighted by Gasteiger charge is 2.33. The van der Waals surface area contributed by atoms with Crippen molar-refractivity contribution in [1.29, 1.82) is 0 Å². The van der Waals surface area contributed by atoms with Crippen molar-refractivity contribution in [2.75, 3.05) is 19.6 Å². The fraction of sp³-hybridized carbons (Fsp3) is 0.526. The van der Waals surface area contributed by atoms with Crippen molar-refractivity contribution < 1.29 is 9.53 Å². The van der Waals surface area contributed by atoms with Crippen LogP contribution in [-0.2, 0) is 4.74 Å². The maximum atomic E-state index is 12.5. The van der Waals surface area contributed by atoms with E-state index in [0.29, 0.717) is 17.9 Å². The van der Waals surface area contributed by atoms with Crippen LogP contribution in [0.2, 0.25) is 0 Å². The first-order chi connectivity index (χ1) is 12.3. The van der Waals surface area contributed by atoms with E-state index in [4.69, 9.17) is 4.74 Å². The Morgan fingerprint density at radius 3 is 2.62 bits per heavy atom. The molecule has 1 aliphatic heterocycles. The Labute approximate surface area is 154 Å². The van der Waals surface area contributed by atoms with Crippen LogP contribution in [0.3, 0.4) is 0 Å². The van der Waals surface area contributed by atoms with Gasteiger partial charge in [-0.2, -0.15) is 5.10 Å². The largest absolute Gasteiger partial charge is 0.373 e. The zero-order valence-corrected chi connectivity index (χ0v) is 15.8. The predicted octanol–water partition coefficient (Wildman–Crippen LogP) is 1.88. The molecule has 0 radical (unpaired) electrons. The minimum Gasteiger partial charge on any atom is -0.373 e. The third kappa shape index (κ3) is 4.28. The van der Waals surface area contributed by atoms with Crippen molar-refractivity contribution in [3.63, 3.8) is 0 Å². The number of hydrogen-bond donors (Lipinski definition) is 1. The van der Waals surface area contributed by atoms with Gasteiger partial charge in [0.2, 0.25) is 0 Å². The van der Waals surface area contributed by atoms with Crippen LogP contribution < -0.4 is 5.32 Å². The molecule has 7 heteroatoms. The van der Waals surface area contributed by atoms with Crippen LogP contribution in [0.1, 0.15) is 38.1 Å². The van der Waals surface area contributed by atoms with Crippen LogP contribution in [0.15, 0.2) is 36.8 Å². The summed E-state index contributed by atoms with van der Waals surface area (Å²) in [4.78, 5) is 19.2. The Balaban J connectivity index is 1.59. The van der Waals surface area contributed by atoms with Crippen LogP contribution in [0, 0.1) is 0 Å². The lowest BCUT2D eigenvalue weighted by Gasteiger charge is -2.45. The van der Waals surface area contributed by atoms with Crippen LogP contribution in [0.5, 0.6) is 0 Å². The normalized spacial score (nSPS) is 21.5. The summed E-state index contributed by atoms with van der Waals surface area (Å²) in [6, 6.07) is 5.39. The molecular formula is C19H27N5O2.